The third kappa shape index (κ3) is 2.95. The van der Waals surface area contributed by atoms with Crippen molar-refractivity contribution in [2.75, 3.05) is 26.2 Å². The van der Waals surface area contributed by atoms with Gasteiger partial charge >= 0.3 is 0 Å². The molecule has 5 rings (SSSR count). The maximum absolute atomic E-state index is 13.2. The predicted molar refractivity (Wildman–Crippen MR) is 117 cm³/mol. The number of carbonyl (C=O) groups excluding carboxylic acids is 2. The monoisotopic (exact) mass is 419 g/mol. The lowest BCUT2D eigenvalue weighted by atomic mass is 10.1. The number of benzene rings is 1. The van der Waals surface area contributed by atoms with Gasteiger partial charge in [0.1, 0.15) is 4.83 Å². The van der Waals surface area contributed by atoms with E-state index in [4.69, 9.17) is 0 Å². The highest BCUT2D eigenvalue weighted by molar-refractivity contribution is 7.20. The number of pyridine rings is 1. The van der Waals surface area contributed by atoms with Crippen LogP contribution in [0.1, 0.15) is 31.3 Å². The summed E-state index contributed by atoms with van der Waals surface area (Å²) in [7, 11) is 0. The number of aromatic nitrogens is 3. The van der Waals surface area contributed by atoms with E-state index in [2.05, 4.69) is 15.2 Å². The van der Waals surface area contributed by atoms with Crippen LogP contribution < -0.4 is 0 Å². The molecule has 0 atom stereocenters. The van der Waals surface area contributed by atoms with Gasteiger partial charge in [-0.2, -0.15) is 5.10 Å². The molecule has 1 aromatic carbocycles. The number of H-pyrrole nitrogens is 1. The first-order valence-corrected chi connectivity index (χ1v) is 10.7. The Morgan fingerprint density at radius 3 is 2.43 bits per heavy atom. The smallest absolute Gasteiger partial charge is 0.275 e. The van der Waals surface area contributed by atoms with E-state index in [-0.39, 0.29) is 11.8 Å². The molecule has 1 aliphatic rings. The lowest BCUT2D eigenvalue weighted by Gasteiger charge is -2.34. The van der Waals surface area contributed by atoms with E-state index < -0.39 is 0 Å². The van der Waals surface area contributed by atoms with Gasteiger partial charge in [0.25, 0.3) is 11.8 Å². The van der Waals surface area contributed by atoms with Crippen LogP contribution >= 0.6 is 11.3 Å². The van der Waals surface area contributed by atoms with E-state index >= 15 is 0 Å². The molecule has 0 saturated carbocycles. The van der Waals surface area contributed by atoms with Gasteiger partial charge in [-0.1, -0.05) is 18.2 Å². The Hall–Kier alpha value is -3.26. The van der Waals surface area contributed by atoms with Crippen molar-refractivity contribution in [3.8, 4) is 0 Å². The summed E-state index contributed by atoms with van der Waals surface area (Å²) < 4.78 is 0. The van der Waals surface area contributed by atoms with Crippen molar-refractivity contribution in [1.82, 2.24) is 25.0 Å². The Morgan fingerprint density at radius 1 is 1.00 bits per heavy atom. The molecule has 0 bridgehead atoms. The normalized spacial score (nSPS) is 14.6. The van der Waals surface area contributed by atoms with Gasteiger partial charge in [-0.05, 0) is 37.1 Å². The summed E-state index contributed by atoms with van der Waals surface area (Å²) in [5.74, 6) is -0.0790. The third-order valence-electron chi connectivity index (χ3n) is 5.76. The van der Waals surface area contributed by atoms with Crippen LogP contribution in [0.2, 0.25) is 0 Å². The number of para-hydroxylation sites is 1. The maximum Gasteiger partial charge on any atom is 0.275 e. The topological polar surface area (TPSA) is 82.2 Å². The van der Waals surface area contributed by atoms with Crippen LogP contribution in [0, 0.1) is 13.8 Å². The van der Waals surface area contributed by atoms with E-state index in [1.165, 1.54) is 11.3 Å². The van der Waals surface area contributed by atoms with Crippen LogP contribution in [0.25, 0.3) is 21.1 Å². The van der Waals surface area contributed by atoms with Crippen molar-refractivity contribution in [3.63, 3.8) is 0 Å². The number of fused-ring (bicyclic) bond motifs is 2. The molecule has 3 aromatic heterocycles. The van der Waals surface area contributed by atoms with E-state index in [1.807, 2.05) is 49.1 Å². The Labute approximate surface area is 177 Å². The lowest BCUT2D eigenvalue weighted by Crippen LogP contribution is -2.50. The molecule has 7 nitrogen and oxygen atoms in total. The van der Waals surface area contributed by atoms with Crippen molar-refractivity contribution < 1.29 is 9.59 Å². The fraction of sp³-hybridized carbons (Fsp3) is 0.273. The second-order valence-corrected chi connectivity index (χ2v) is 8.57. The first kappa shape index (κ1) is 18.7. The number of hydrogen-bond donors (Lipinski definition) is 1. The molecule has 0 radical (unpaired) electrons. The number of nitrogens with zero attached hydrogens (tertiary/aromatic N) is 4. The minimum Gasteiger partial charge on any atom is -0.334 e. The highest BCUT2D eigenvalue weighted by Gasteiger charge is 2.29. The predicted octanol–water partition coefficient (Wildman–Crippen LogP) is 3.39. The SMILES string of the molecule is Cc1ccnc2sc(C(=O)N3CCN(C(=O)c4n[nH]c5ccccc45)CC3)c(C)c12. The highest BCUT2D eigenvalue weighted by Crippen LogP contribution is 2.32. The minimum atomic E-state index is -0.0996. The molecule has 30 heavy (non-hydrogen) atoms. The summed E-state index contributed by atoms with van der Waals surface area (Å²) in [5, 5.41) is 9.03. The second-order valence-electron chi connectivity index (χ2n) is 7.57. The Kier molecular flexibility index (Phi) is 4.51. The Bertz CT molecular complexity index is 1280. The largest absolute Gasteiger partial charge is 0.334 e. The Balaban J connectivity index is 1.32. The van der Waals surface area contributed by atoms with Gasteiger partial charge in [0.2, 0.25) is 0 Å². The van der Waals surface area contributed by atoms with Crippen molar-refractivity contribution >= 4 is 44.3 Å². The molecule has 8 heteroatoms. The summed E-state index contributed by atoms with van der Waals surface area (Å²) in [6.07, 6.45) is 1.78. The van der Waals surface area contributed by atoms with Crippen LogP contribution in [-0.2, 0) is 0 Å². The van der Waals surface area contributed by atoms with Gasteiger partial charge < -0.3 is 9.80 Å². The number of carbonyl (C=O) groups is 2. The van der Waals surface area contributed by atoms with Crippen molar-refractivity contribution in [1.29, 1.82) is 0 Å². The molecule has 2 amide bonds. The van der Waals surface area contributed by atoms with Crippen LogP contribution in [0.4, 0.5) is 0 Å². The number of thiophene rings is 1. The molecule has 4 heterocycles. The minimum absolute atomic E-state index is 0.0206. The fourth-order valence-corrected chi connectivity index (χ4v) is 5.28. The first-order chi connectivity index (χ1) is 14.5. The first-order valence-electron chi connectivity index (χ1n) is 9.91. The molecule has 0 aliphatic carbocycles. The van der Waals surface area contributed by atoms with E-state index in [0.29, 0.717) is 31.9 Å². The average molecular weight is 420 g/mol. The van der Waals surface area contributed by atoms with E-state index in [1.54, 1.807) is 11.1 Å². The average Bonchev–Trinajstić information content (AvgIpc) is 3.35. The zero-order valence-electron chi connectivity index (χ0n) is 16.8. The standard InChI is InChI=1S/C22H21N5O2S/c1-13-7-8-23-20-17(13)14(2)19(30-20)22(29)27-11-9-26(10-12-27)21(28)18-15-5-3-4-6-16(15)24-25-18/h3-8H,9-12H2,1-2H3,(H,24,25). The van der Waals surface area contributed by atoms with Gasteiger partial charge in [0, 0.05) is 43.1 Å². The summed E-state index contributed by atoms with van der Waals surface area (Å²) in [4.78, 5) is 35.8. The van der Waals surface area contributed by atoms with Crippen molar-refractivity contribution in [2.24, 2.45) is 0 Å². The van der Waals surface area contributed by atoms with Gasteiger partial charge in [-0.25, -0.2) is 4.98 Å². The number of nitrogens with one attached hydrogen (secondary N) is 1. The van der Waals surface area contributed by atoms with Gasteiger partial charge in [-0.15, -0.1) is 11.3 Å². The molecule has 1 aliphatic heterocycles. The number of aryl methyl sites for hydroxylation is 2. The number of rotatable bonds is 2. The van der Waals surface area contributed by atoms with Crippen molar-refractivity contribution in [2.45, 2.75) is 13.8 Å². The van der Waals surface area contributed by atoms with E-state index in [9.17, 15) is 9.59 Å². The molecule has 1 saturated heterocycles. The number of aromatic amines is 1. The highest BCUT2D eigenvalue weighted by atomic mass is 32.1. The number of hydrogen-bond acceptors (Lipinski definition) is 5. The van der Waals surface area contributed by atoms with Crippen LogP contribution in [0.3, 0.4) is 0 Å². The Morgan fingerprint density at radius 2 is 1.70 bits per heavy atom. The zero-order valence-corrected chi connectivity index (χ0v) is 17.6. The van der Waals surface area contributed by atoms with E-state index in [0.717, 1.165) is 37.1 Å². The summed E-state index contributed by atoms with van der Waals surface area (Å²) in [6, 6.07) is 9.58. The van der Waals surface area contributed by atoms with Gasteiger partial charge in [0.05, 0.1) is 10.4 Å². The summed E-state index contributed by atoms with van der Waals surface area (Å²) in [5.41, 5.74) is 3.41. The number of amides is 2. The maximum atomic E-state index is 13.2. The second kappa shape index (κ2) is 7.21. The molecule has 0 unspecified atom stereocenters. The lowest BCUT2D eigenvalue weighted by molar-refractivity contribution is 0.0535. The van der Waals surface area contributed by atoms with Gasteiger partial charge in [-0.3, -0.25) is 14.7 Å². The summed E-state index contributed by atoms with van der Waals surface area (Å²) >= 11 is 1.45. The number of piperazine rings is 1. The molecule has 152 valence electrons. The van der Waals surface area contributed by atoms with Crippen LogP contribution in [0.5, 0.6) is 0 Å². The quantitative estimate of drug-likeness (QED) is 0.540. The fourth-order valence-electron chi connectivity index (χ4n) is 4.09. The third-order valence-corrected chi connectivity index (χ3v) is 6.95. The molecule has 1 fully saturated rings. The molecular formula is C22H21N5O2S. The van der Waals surface area contributed by atoms with Gasteiger partial charge in [0.15, 0.2) is 5.69 Å². The molecule has 1 N–H and O–H groups in total. The molecule has 4 aromatic rings. The molecular weight excluding hydrogens is 398 g/mol. The van der Waals surface area contributed by atoms with Crippen LogP contribution in [0.15, 0.2) is 36.5 Å². The zero-order chi connectivity index (χ0) is 20.8. The van der Waals surface area contributed by atoms with Crippen LogP contribution in [-0.4, -0.2) is 63.0 Å². The van der Waals surface area contributed by atoms with Crippen molar-refractivity contribution in [3.05, 3.63) is 58.2 Å². The summed E-state index contributed by atoms with van der Waals surface area (Å²) in [6.45, 7) is 6.03. The molecule has 0 spiro atoms.